The maximum Gasteiger partial charge on any atom is 0.336 e. The minimum absolute atomic E-state index is 0.000694. The molecule has 5 heteroatoms. The molecule has 4 nitrogen and oxygen atoms in total. The SMILES string of the molecule is NC(=O)Cc1sccc1C(=O)O. The lowest BCUT2D eigenvalue weighted by molar-refractivity contribution is -0.117. The van der Waals surface area contributed by atoms with Gasteiger partial charge < -0.3 is 10.8 Å². The predicted octanol–water partition coefficient (Wildman–Crippen LogP) is 0.474. The Kier molecular flexibility index (Phi) is 2.44. The lowest BCUT2D eigenvalue weighted by Crippen LogP contribution is -2.14. The Bertz CT molecular complexity index is 318. The van der Waals surface area contributed by atoms with Crippen molar-refractivity contribution in [2.45, 2.75) is 6.42 Å². The van der Waals surface area contributed by atoms with Crippen LogP contribution in [0.25, 0.3) is 0 Å². The van der Waals surface area contributed by atoms with Crippen LogP contribution in [0.2, 0.25) is 0 Å². The van der Waals surface area contributed by atoms with E-state index in [9.17, 15) is 9.59 Å². The van der Waals surface area contributed by atoms with Crippen molar-refractivity contribution in [1.29, 1.82) is 0 Å². The third-order valence-corrected chi connectivity index (χ3v) is 2.23. The van der Waals surface area contributed by atoms with Gasteiger partial charge in [0.2, 0.25) is 5.91 Å². The third kappa shape index (κ3) is 1.82. The van der Waals surface area contributed by atoms with Crippen molar-refractivity contribution in [1.82, 2.24) is 0 Å². The van der Waals surface area contributed by atoms with E-state index < -0.39 is 11.9 Å². The molecule has 1 aromatic rings. The second-order valence-corrected chi connectivity index (χ2v) is 3.21. The zero-order valence-electron chi connectivity index (χ0n) is 6.11. The second-order valence-electron chi connectivity index (χ2n) is 2.21. The van der Waals surface area contributed by atoms with E-state index in [1.807, 2.05) is 0 Å². The Hall–Kier alpha value is -1.36. The summed E-state index contributed by atoms with van der Waals surface area (Å²) < 4.78 is 0. The summed E-state index contributed by atoms with van der Waals surface area (Å²) in [5, 5.41) is 10.2. The number of carboxylic acid groups (broad SMARTS) is 1. The number of carbonyl (C=O) groups excluding carboxylic acids is 1. The van der Waals surface area contributed by atoms with E-state index in [0.29, 0.717) is 4.88 Å². The van der Waals surface area contributed by atoms with Gasteiger partial charge >= 0.3 is 5.97 Å². The van der Waals surface area contributed by atoms with Gasteiger partial charge in [-0.25, -0.2) is 4.79 Å². The van der Waals surface area contributed by atoms with Crippen molar-refractivity contribution in [2.24, 2.45) is 5.73 Å². The lowest BCUT2D eigenvalue weighted by atomic mass is 10.2. The van der Waals surface area contributed by atoms with Crippen molar-refractivity contribution in [3.63, 3.8) is 0 Å². The normalized spacial score (nSPS) is 9.67. The van der Waals surface area contributed by atoms with Gasteiger partial charge in [0.05, 0.1) is 12.0 Å². The van der Waals surface area contributed by atoms with Crippen LogP contribution in [0.3, 0.4) is 0 Å². The number of primary amides is 1. The zero-order chi connectivity index (χ0) is 9.14. The summed E-state index contributed by atoms with van der Waals surface area (Å²) in [7, 11) is 0. The number of thiophene rings is 1. The van der Waals surface area contributed by atoms with Gasteiger partial charge in [0.1, 0.15) is 0 Å². The molecule has 0 fully saturated rings. The smallest absolute Gasteiger partial charge is 0.336 e. The molecule has 12 heavy (non-hydrogen) atoms. The number of carboxylic acids is 1. The Labute approximate surface area is 72.6 Å². The molecule has 0 atom stereocenters. The van der Waals surface area contributed by atoms with Crippen LogP contribution in [0.1, 0.15) is 15.2 Å². The fourth-order valence-corrected chi connectivity index (χ4v) is 1.70. The van der Waals surface area contributed by atoms with Gasteiger partial charge in [0.15, 0.2) is 0 Å². The molecule has 0 saturated carbocycles. The van der Waals surface area contributed by atoms with Gasteiger partial charge in [-0.1, -0.05) is 0 Å². The molecule has 1 rings (SSSR count). The average molecular weight is 185 g/mol. The lowest BCUT2D eigenvalue weighted by Gasteiger charge is -1.94. The van der Waals surface area contributed by atoms with Crippen LogP contribution in [0.5, 0.6) is 0 Å². The average Bonchev–Trinajstić information content (AvgIpc) is 2.33. The molecule has 3 N–H and O–H groups in total. The number of nitrogens with two attached hydrogens (primary N) is 1. The molecule has 0 aliphatic heterocycles. The van der Waals surface area contributed by atoms with E-state index >= 15 is 0 Å². The van der Waals surface area contributed by atoms with Crippen molar-refractivity contribution in [3.8, 4) is 0 Å². The van der Waals surface area contributed by atoms with Gasteiger partial charge in [-0.3, -0.25) is 4.79 Å². The van der Waals surface area contributed by atoms with E-state index in [0.717, 1.165) is 0 Å². The summed E-state index contributed by atoms with van der Waals surface area (Å²) >= 11 is 1.22. The highest BCUT2D eigenvalue weighted by Gasteiger charge is 2.12. The van der Waals surface area contributed by atoms with Crippen LogP contribution in [0, 0.1) is 0 Å². The topological polar surface area (TPSA) is 80.4 Å². The van der Waals surface area contributed by atoms with Crippen molar-refractivity contribution >= 4 is 23.2 Å². The Morgan fingerprint density at radius 3 is 2.75 bits per heavy atom. The van der Waals surface area contributed by atoms with Crippen LogP contribution in [0.15, 0.2) is 11.4 Å². The molecule has 0 aliphatic carbocycles. The van der Waals surface area contributed by atoms with Crippen molar-refractivity contribution < 1.29 is 14.7 Å². The first-order chi connectivity index (χ1) is 5.61. The van der Waals surface area contributed by atoms with Gasteiger partial charge in [0.25, 0.3) is 0 Å². The van der Waals surface area contributed by atoms with Crippen LogP contribution in [-0.2, 0) is 11.2 Å². The van der Waals surface area contributed by atoms with E-state index in [1.165, 1.54) is 17.4 Å². The molecule has 1 amide bonds. The van der Waals surface area contributed by atoms with Crippen LogP contribution in [0.4, 0.5) is 0 Å². The summed E-state index contributed by atoms with van der Waals surface area (Å²) in [6, 6.07) is 1.46. The largest absolute Gasteiger partial charge is 0.478 e. The molecule has 0 aromatic carbocycles. The molecule has 0 saturated heterocycles. The minimum atomic E-state index is -1.02. The molecular weight excluding hydrogens is 178 g/mol. The summed E-state index contributed by atoms with van der Waals surface area (Å²) in [5.74, 6) is -1.53. The molecule has 1 heterocycles. The maximum absolute atomic E-state index is 10.5. The number of aromatic carboxylic acids is 1. The van der Waals surface area contributed by atoms with Crippen molar-refractivity contribution in [2.75, 3.05) is 0 Å². The van der Waals surface area contributed by atoms with Gasteiger partial charge in [-0.05, 0) is 11.4 Å². The molecule has 1 aromatic heterocycles. The Balaban J connectivity index is 2.91. The molecule has 64 valence electrons. The molecule has 0 unspecified atom stereocenters. The molecule has 0 bridgehead atoms. The van der Waals surface area contributed by atoms with E-state index in [-0.39, 0.29) is 12.0 Å². The molecule has 0 radical (unpaired) electrons. The van der Waals surface area contributed by atoms with Crippen molar-refractivity contribution in [3.05, 3.63) is 21.9 Å². The highest BCUT2D eigenvalue weighted by Crippen LogP contribution is 2.16. The quantitative estimate of drug-likeness (QED) is 0.718. The first kappa shape index (κ1) is 8.73. The second kappa shape index (κ2) is 3.36. The summed E-state index contributed by atoms with van der Waals surface area (Å²) in [6.07, 6.45) is -0.000694. The number of hydrogen-bond donors (Lipinski definition) is 2. The van der Waals surface area contributed by atoms with Crippen LogP contribution in [-0.4, -0.2) is 17.0 Å². The fraction of sp³-hybridized carbons (Fsp3) is 0.143. The number of carbonyl (C=O) groups is 2. The van der Waals surface area contributed by atoms with Crippen LogP contribution >= 0.6 is 11.3 Å². The van der Waals surface area contributed by atoms with E-state index in [2.05, 4.69) is 0 Å². The maximum atomic E-state index is 10.5. The Morgan fingerprint density at radius 2 is 2.25 bits per heavy atom. The fourth-order valence-electron chi connectivity index (χ4n) is 0.826. The van der Waals surface area contributed by atoms with Crippen LogP contribution < -0.4 is 5.73 Å². The van der Waals surface area contributed by atoms with Gasteiger partial charge in [-0.2, -0.15) is 0 Å². The third-order valence-electron chi connectivity index (χ3n) is 1.31. The molecule has 0 spiro atoms. The zero-order valence-corrected chi connectivity index (χ0v) is 6.93. The molecular formula is C7H7NO3S. The first-order valence-electron chi connectivity index (χ1n) is 3.19. The number of rotatable bonds is 3. The Morgan fingerprint density at radius 1 is 1.58 bits per heavy atom. The highest BCUT2D eigenvalue weighted by molar-refractivity contribution is 7.10. The minimum Gasteiger partial charge on any atom is -0.478 e. The highest BCUT2D eigenvalue weighted by atomic mass is 32.1. The first-order valence-corrected chi connectivity index (χ1v) is 4.07. The monoisotopic (exact) mass is 185 g/mol. The van der Waals surface area contributed by atoms with Gasteiger partial charge in [-0.15, -0.1) is 11.3 Å². The standard InChI is InChI=1S/C7H7NO3S/c8-6(9)3-5-4(7(10)11)1-2-12-5/h1-2H,3H2,(H2,8,9)(H,10,11). The van der Waals surface area contributed by atoms with E-state index in [4.69, 9.17) is 10.8 Å². The summed E-state index contributed by atoms with van der Waals surface area (Å²) in [4.78, 5) is 21.5. The number of amides is 1. The summed E-state index contributed by atoms with van der Waals surface area (Å²) in [5.41, 5.74) is 5.09. The molecule has 0 aliphatic rings. The predicted molar refractivity (Wildman–Crippen MR) is 44.2 cm³/mol. The van der Waals surface area contributed by atoms with Gasteiger partial charge in [0, 0.05) is 4.88 Å². The van der Waals surface area contributed by atoms with E-state index in [1.54, 1.807) is 5.38 Å². The number of hydrogen-bond acceptors (Lipinski definition) is 3. The summed E-state index contributed by atoms with van der Waals surface area (Å²) in [6.45, 7) is 0.